The molecule has 0 saturated carbocycles. The lowest BCUT2D eigenvalue weighted by Crippen LogP contribution is -2.18. The van der Waals surface area contributed by atoms with Gasteiger partial charge < -0.3 is 9.32 Å². The van der Waals surface area contributed by atoms with Crippen LogP contribution in [-0.2, 0) is 10.8 Å². The lowest BCUT2D eigenvalue weighted by atomic mass is 9.81. The van der Waals surface area contributed by atoms with Crippen molar-refractivity contribution in [2.75, 3.05) is 4.90 Å². The Kier molecular flexibility index (Phi) is 7.96. The number of benzene rings is 9. The van der Waals surface area contributed by atoms with E-state index in [2.05, 4.69) is 233 Å². The molecular weight excluding hydrogens is 751 g/mol. The van der Waals surface area contributed by atoms with E-state index < -0.39 is 0 Å². The summed E-state index contributed by atoms with van der Waals surface area (Å²) >= 11 is 0. The summed E-state index contributed by atoms with van der Waals surface area (Å²) in [7, 11) is 0. The summed E-state index contributed by atoms with van der Waals surface area (Å²) in [4.78, 5) is 2.45. The van der Waals surface area contributed by atoms with Crippen LogP contribution >= 0.6 is 0 Å². The van der Waals surface area contributed by atoms with E-state index >= 15 is 0 Å². The molecule has 2 aliphatic carbocycles. The van der Waals surface area contributed by atoms with Gasteiger partial charge in [0.15, 0.2) is 0 Å². The van der Waals surface area contributed by atoms with Gasteiger partial charge in [-0.25, -0.2) is 0 Å². The second-order valence-electron chi connectivity index (χ2n) is 18.1. The minimum atomic E-state index is -0.185. The van der Waals surface area contributed by atoms with Crippen LogP contribution in [0.25, 0.3) is 77.6 Å². The highest BCUT2D eigenvalue weighted by Crippen LogP contribution is 2.55. The molecule has 9 aromatic carbocycles. The zero-order valence-corrected chi connectivity index (χ0v) is 35.4. The van der Waals surface area contributed by atoms with Crippen LogP contribution in [0.2, 0.25) is 0 Å². The van der Waals surface area contributed by atoms with Crippen molar-refractivity contribution in [2.45, 2.75) is 38.5 Å². The van der Waals surface area contributed by atoms with Gasteiger partial charge in [-0.15, -0.1) is 0 Å². The van der Waals surface area contributed by atoms with Gasteiger partial charge >= 0.3 is 0 Å². The van der Waals surface area contributed by atoms with Gasteiger partial charge in [0.2, 0.25) is 0 Å². The van der Waals surface area contributed by atoms with Crippen LogP contribution in [0.15, 0.2) is 205 Å². The summed E-state index contributed by atoms with van der Waals surface area (Å²) in [5.41, 5.74) is 22.7. The molecule has 1 aromatic heterocycles. The van der Waals surface area contributed by atoms with Crippen LogP contribution in [0.4, 0.5) is 17.1 Å². The summed E-state index contributed by atoms with van der Waals surface area (Å²) in [5, 5.41) is 2.25. The van der Waals surface area contributed by atoms with Crippen molar-refractivity contribution in [1.29, 1.82) is 0 Å². The molecule has 0 spiro atoms. The third-order valence-electron chi connectivity index (χ3n) is 13.9. The summed E-state index contributed by atoms with van der Waals surface area (Å²) < 4.78 is 6.65. The average Bonchev–Trinajstić information content (AvgIpc) is 3.89. The Bertz CT molecular complexity index is 3390. The molecule has 0 radical (unpaired) electrons. The highest BCUT2D eigenvalue weighted by Gasteiger charge is 2.39. The van der Waals surface area contributed by atoms with E-state index in [4.69, 9.17) is 4.42 Å². The standard InChI is InChI=1S/C60H45NO/c1-59(2)52-23-12-11-19-47(52)48-32-30-43(36-54(48)59)61(44-31-33-50-55(37-44)60(3,4)53-24-14-20-45(57(50)53)39-17-9-6-10-18-39)42-28-25-40(26-29-42)46-21-13-22-49-51-35-41(38-15-7-5-8-16-38)27-34-56(51)62-58(46)49/h5-37H,1-4H3. The number of nitrogens with zero attached hydrogens (tertiary/aromatic N) is 1. The van der Waals surface area contributed by atoms with Gasteiger partial charge in [0, 0.05) is 44.2 Å². The second-order valence-corrected chi connectivity index (χ2v) is 18.1. The molecular formula is C60H45NO. The first kappa shape index (κ1) is 36.4. The van der Waals surface area contributed by atoms with Gasteiger partial charge in [-0.05, 0) is 121 Å². The van der Waals surface area contributed by atoms with Crippen LogP contribution in [0.3, 0.4) is 0 Å². The number of rotatable bonds is 6. The molecule has 2 aliphatic rings. The highest BCUT2D eigenvalue weighted by atomic mass is 16.3. The molecule has 0 bridgehead atoms. The minimum absolute atomic E-state index is 0.125. The number of fused-ring (bicyclic) bond motifs is 9. The Morgan fingerprint density at radius 2 is 0.871 bits per heavy atom. The molecule has 10 aromatic rings. The molecule has 0 unspecified atom stereocenters. The first-order chi connectivity index (χ1) is 30.3. The van der Waals surface area contributed by atoms with Crippen molar-refractivity contribution in [3.05, 3.63) is 222 Å². The predicted octanol–water partition coefficient (Wildman–Crippen LogP) is 16.7. The fourth-order valence-electron chi connectivity index (χ4n) is 10.7. The fourth-order valence-corrected chi connectivity index (χ4v) is 10.7. The quantitative estimate of drug-likeness (QED) is 0.167. The van der Waals surface area contributed by atoms with Crippen LogP contribution in [-0.4, -0.2) is 0 Å². The largest absolute Gasteiger partial charge is 0.455 e. The van der Waals surface area contributed by atoms with Gasteiger partial charge in [-0.3, -0.25) is 0 Å². The number of furan rings is 1. The van der Waals surface area contributed by atoms with E-state index in [1.807, 2.05) is 0 Å². The minimum Gasteiger partial charge on any atom is -0.455 e. The SMILES string of the molecule is CC1(C)c2ccccc2-c2ccc(N(c3ccc(-c4cccc5c4oc4ccc(-c6ccccc6)cc45)cc3)c3ccc4c(c3)C(C)(C)c3cccc(-c5ccccc5)c3-4)cc21. The first-order valence-corrected chi connectivity index (χ1v) is 21.8. The fraction of sp³-hybridized carbons (Fsp3) is 0.100. The molecule has 0 atom stereocenters. The van der Waals surface area contributed by atoms with Crippen LogP contribution in [0.5, 0.6) is 0 Å². The van der Waals surface area contributed by atoms with Crippen LogP contribution in [0.1, 0.15) is 49.9 Å². The van der Waals surface area contributed by atoms with E-state index in [0.717, 1.165) is 50.1 Å². The normalized spacial score (nSPS) is 14.1. The molecule has 0 amide bonds. The van der Waals surface area contributed by atoms with E-state index in [-0.39, 0.29) is 10.8 Å². The van der Waals surface area contributed by atoms with Crippen molar-refractivity contribution in [2.24, 2.45) is 0 Å². The molecule has 1 heterocycles. The molecule has 0 aliphatic heterocycles. The van der Waals surface area contributed by atoms with E-state index in [9.17, 15) is 0 Å². The van der Waals surface area contributed by atoms with Crippen molar-refractivity contribution in [3.8, 4) is 55.6 Å². The summed E-state index contributed by atoms with van der Waals surface area (Å²) in [6.45, 7) is 9.49. The van der Waals surface area contributed by atoms with Crippen molar-refractivity contribution >= 4 is 39.0 Å². The Hall–Kier alpha value is -7.42. The average molecular weight is 796 g/mol. The maximum absolute atomic E-state index is 6.65. The molecule has 296 valence electrons. The molecule has 12 rings (SSSR count). The molecule has 0 N–H and O–H groups in total. The van der Waals surface area contributed by atoms with Crippen LogP contribution < -0.4 is 4.90 Å². The number of anilines is 3. The van der Waals surface area contributed by atoms with Gasteiger partial charge in [-0.2, -0.15) is 0 Å². The van der Waals surface area contributed by atoms with Gasteiger partial charge in [-0.1, -0.05) is 179 Å². The lowest BCUT2D eigenvalue weighted by molar-refractivity contribution is 0.660. The molecule has 0 fully saturated rings. The lowest BCUT2D eigenvalue weighted by Gasteiger charge is -2.30. The summed E-state index contributed by atoms with van der Waals surface area (Å²) in [6, 6.07) is 73.4. The monoisotopic (exact) mass is 795 g/mol. The van der Waals surface area contributed by atoms with Crippen LogP contribution in [0, 0.1) is 0 Å². The van der Waals surface area contributed by atoms with Crippen molar-refractivity contribution < 1.29 is 4.42 Å². The zero-order chi connectivity index (χ0) is 41.7. The van der Waals surface area contributed by atoms with E-state index in [0.29, 0.717) is 0 Å². The van der Waals surface area contributed by atoms with Gasteiger partial charge in [0.25, 0.3) is 0 Å². The molecule has 62 heavy (non-hydrogen) atoms. The maximum atomic E-state index is 6.65. The molecule has 2 nitrogen and oxygen atoms in total. The first-order valence-electron chi connectivity index (χ1n) is 21.8. The van der Waals surface area contributed by atoms with Crippen molar-refractivity contribution in [3.63, 3.8) is 0 Å². The van der Waals surface area contributed by atoms with E-state index in [1.54, 1.807) is 0 Å². The maximum Gasteiger partial charge on any atom is 0.143 e. The second kappa shape index (κ2) is 13.5. The molecule has 2 heteroatoms. The Labute approximate surface area is 363 Å². The number of hydrogen-bond donors (Lipinski definition) is 0. The smallest absolute Gasteiger partial charge is 0.143 e. The summed E-state index contributed by atoms with van der Waals surface area (Å²) in [5.74, 6) is 0. The Morgan fingerprint density at radius 1 is 0.339 bits per heavy atom. The van der Waals surface area contributed by atoms with Gasteiger partial charge in [0.1, 0.15) is 11.2 Å². The van der Waals surface area contributed by atoms with Gasteiger partial charge in [0.05, 0.1) is 0 Å². The third-order valence-corrected chi connectivity index (χ3v) is 13.9. The third kappa shape index (κ3) is 5.43. The van der Waals surface area contributed by atoms with E-state index in [1.165, 1.54) is 66.8 Å². The Morgan fingerprint density at radius 3 is 1.63 bits per heavy atom. The number of para-hydroxylation sites is 1. The number of hydrogen-bond acceptors (Lipinski definition) is 2. The molecule has 0 saturated heterocycles. The van der Waals surface area contributed by atoms with Crippen molar-refractivity contribution in [1.82, 2.24) is 0 Å². The topological polar surface area (TPSA) is 16.4 Å². The zero-order valence-electron chi connectivity index (χ0n) is 35.4. The Balaban J connectivity index is 0.994. The highest BCUT2D eigenvalue weighted by molar-refractivity contribution is 6.10. The predicted molar refractivity (Wildman–Crippen MR) is 260 cm³/mol. The summed E-state index contributed by atoms with van der Waals surface area (Å²) in [6.07, 6.45) is 0.